The Morgan fingerprint density at radius 2 is 2.04 bits per heavy atom. The highest BCUT2D eigenvalue weighted by molar-refractivity contribution is 5.77. The second-order valence-corrected chi connectivity index (χ2v) is 4.65. The van der Waals surface area contributed by atoms with Gasteiger partial charge in [0.2, 0.25) is 5.91 Å². The summed E-state index contributed by atoms with van der Waals surface area (Å²) in [5.41, 5.74) is -0.0459. The van der Waals surface area contributed by atoms with E-state index in [9.17, 15) is 18.0 Å². The second kappa shape index (κ2) is 7.73. The van der Waals surface area contributed by atoms with Gasteiger partial charge in [-0.1, -0.05) is 30.3 Å². The van der Waals surface area contributed by atoms with Crippen LogP contribution in [0.5, 0.6) is 0 Å². The van der Waals surface area contributed by atoms with Gasteiger partial charge in [-0.05, 0) is 5.56 Å². The van der Waals surface area contributed by atoms with E-state index in [4.69, 9.17) is 4.74 Å². The summed E-state index contributed by atoms with van der Waals surface area (Å²) in [6.45, 7) is -0.100. The van der Waals surface area contributed by atoms with E-state index >= 15 is 0 Å². The molecule has 0 bridgehead atoms. The molecule has 0 unspecified atom stereocenters. The Morgan fingerprint density at radius 3 is 2.65 bits per heavy atom. The van der Waals surface area contributed by atoms with Gasteiger partial charge in [-0.3, -0.25) is 9.48 Å². The lowest BCUT2D eigenvalue weighted by atomic mass is 10.1. The summed E-state index contributed by atoms with van der Waals surface area (Å²) in [5.74, 6) is -0.629. The van der Waals surface area contributed by atoms with Crippen LogP contribution < -0.4 is 5.32 Å². The quantitative estimate of drug-likeness (QED) is 0.840. The molecule has 0 aliphatic carbocycles. The first-order valence-corrected chi connectivity index (χ1v) is 6.79. The minimum atomic E-state index is -4.59. The third-order valence-corrected chi connectivity index (χ3v) is 2.91. The van der Waals surface area contributed by atoms with E-state index in [1.54, 1.807) is 6.07 Å². The molecule has 0 spiro atoms. The van der Waals surface area contributed by atoms with Crippen molar-refractivity contribution < 1.29 is 22.7 Å². The summed E-state index contributed by atoms with van der Waals surface area (Å²) < 4.78 is 45.3. The van der Waals surface area contributed by atoms with Crippen molar-refractivity contribution in [1.82, 2.24) is 20.1 Å². The Kier molecular flexibility index (Phi) is 5.69. The average Bonchev–Trinajstić information content (AvgIpc) is 3.00. The zero-order valence-electron chi connectivity index (χ0n) is 12.0. The number of ether oxygens (including phenoxy) is 1. The molecule has 1 aromatic heterocycles. The van der Waals surface area contributed by atoms with Crippen molar-refractivity contribution in [2.75, 3.05) is 13.2 Å². The van der Waals surface area contributed by atoms with Crippen molar-refractivity contribution >= 4 is 5.91 Å². The maximum Gasteiger partial charge on any atom is 0.418 e. The zero-order valence-corrected chi connectivity index (χ0v) is 12.0. The van der Waals surface area contributed by atoms with Gasteiger partial charge in [0.1, 0.15) is 19.3 Å². The predicted octanol–water partition coefficient (Wildman–Crippen LogP) is 1.71. The molecule has 0 aliphatic rings. The molecule has 2 aromatic rings. The minimum absolute atomic E-state index is 0.0459. The summed E-state index contributed by atoms with van der Waals surface area (Å²) >= 11 is 0. The molecular weight excluding hydrogens is 313 g/mol. The zero-order chi connectivity index (χ0) is 16.7. The molecule has 0 radical (unpaired) electrons. The lowest BCUT2D eigenvalue weighted by Gasteiger charge is -2.21. The third-order valence-electron chi connectivity index (χ3n) is 2.91. The first kappa shape index (κ1) is 16.9. The van der Waals surface area contributed by atoms with Crippen molar-refractivity contribution in [1.29, 1.82) is 0 Å². The van der Waals surface area contributed by atoms with Crippen LogP contribution in [0.2, 0.25) is 0 Å². The Labute approximate surface area is 130 Å². The molecule has 0 fully saturated rings. The molecule has 2 rings (SSSR count). The van der Waals surface area contributed by atoms with Gasteiger partial charge in [0.25, 0.3) is 0 Å². The molecule has 9 heteroatoms. The fourth-order valence-corrected chi connectivity index (χ4v) is 1.88. The van der Waals surface area contributed by atoms with Gasteiger partial charge >= 0.3 is 6.18 Å². The molecule has 1 aromatic carbocycles. The van der Waals surface area contributed by atoms with Gasteiger partial charge in [-0.2, -0.15) is 18.3 Å². The number of alkyl halides is 3. The molecule has 6 nitrogen and oxygen atoms in total. The van der Waals surface area contributed by atoms with E-state index in [0.717, 1.165) is 0 Å². The maximum absolute atomic E-state index is 13.0. The summed E-state index contributed by atoms with van der Waals surface area (Å²) in [7, 11) is 0. The largest absolute Gasteiger partial charge is 0.418 e. The fraction of sp³-hybridized carbons (Fsp3) is 0.357. The van der Waals surface area contributed by atoms with Crippen LogP contribution in [0.4, 0.5) is 13.2 Å². The highest BCUT2D eigenvalue weighted by Gasteiger charge is 2.42. The first-order chi connectivity index (χ1) is 11.0. The monoisotopic (exact) mass is 328 g/mol. The number of amides is 1. The molecule has 0 saturated carbocycles. The molecule has 1 atom stereocenters. The number of hydrogen-bond acceptors (Lipinski definition) is 4. The van der Waals surface area contributed by atoms with Gasteiger partial charge in [0.15, 0.2) is 6.10 Å². The number of nitrogens with zero attached hydrogens (tertiary/aromatic N) is 3. The minimum Gasteiger partial charge on any atom is -0.354 e. The van der Waals surface area contributed by atoms with E-state index in [1.807, 2.05) is 0 Å². The van der Waals surface area contributed by atoms with Crippen LogP contribution in [-0.2, 0) is 16.1 Å². The van der Waals surface area contributed by atoms with Crippen LogP contribution in [-0.4, -0.2) is 40.0 Å². The van der Waals surface area contributed by atoms with Crippen molar-refractivity contribution in [2.45, 2.75) is 18.8 Å². The number of halogens is 3. The highest BCUT2D eigenvalue weighted by Crippen LogP contribution is 2.35. The lowest BCUT2D eigenvalue weighted by molar-refractivity contribution is -0.223. The second-order valence-electron chi connectivity index (χ2n) is 4.65. The Bertz CT molecular complexity index is 602. The van der Waals surface area contributed by atoms with Crippen LogP contribution in [0.15, 0.2) is 43.0 Å². The van der Waals surface area contributed by atoms with Crippen molar-refractivity contribution in [3.8, 4) is 0 Å². The summed E-state index contributed by atoms with van der Waals surface area (Å²) in [5, 5.41) is 6.29. The fourth-order valence-electron chi connectivity index (χ4n) is 1.88. The van der Waals surface area contributed by atoms with Crippen LogP contribution in [0.25, 0.3) is 0 Å². The molecule has 124 valence electrons. The lowest BCUT2D eigenvalue weighted by Crippen LogP contribution is -2.33. The highest BCUT2D eigenvalue weighted by atomic mass is 19.4. The number of carbonyl (C=O) groups is 1. The number of hydrogen-bond donors (Lipinski definition) is 1. The normalized spacial score (nSPS) is 12.8. The SMILES string of the molecule is O=C(CO[C@H](c1ccccc1)C(F)(F)F)NCCn1cncn1. The summed E-state index contributed by atoms with van der Waals surface area (Å²) in [6.07, 6.45) is -3.91. The Hall–Kier alpha value is -2.42. The molecule has 0 saturated heterocycles. The number of rotatable bonds is 7. The van der Waals surface area contributed by atoms with E-state index in [-0.39, 0.29) is 12.1 Å². The van der Waals surface area contributed by atoms with Crippen LogP contribution in [0.3, 0.4) is 0 Å². The first-order valence-electron chi connectivity index (χ1n) is 6.79. The summed E-state index contributed by atoms with van der Waals surface area (Å²) in [6, 6.07) is 7.18. The molecule has 1 heterocycles. The van der Waals surface area contributed by atoms with E-state index in [2.05, 4.69) is 15.4 Å². The Balaban J connectivity index is 1.82. The van der Waals surface area contributed by atoms with Gasteiger partial charge in [-0.25, -0.2) is 4.98 Å². The van der Waals surface area contributed by atoms with E-state index < -0.39 is 24.8 Å². The number of nitrogens with one attached hydrogen (secondary N) is 1. The van der Waals surface area contributed by atoms with E-state index in [0.29, 0.717) is 6.54 Å². The molecular formula is C14H15F3N4O2. The molecule has 1 N–H and O–H groups in total. The smallest absolute Gasteiger partial charge is 0.354 e. The van der Waals surface area contributed by atoms with E-state index in [1.165, 1.54) is 41.6 Å². The van der Waals surface area contributed by atoms with Gasteiger partial charge in [0.05, 0.1) is 6.54 Å². The van der Waals surface area contributed by atoms with Gasteiger partial charge in [0, 0.05) is 6.54 Å². The van der Waals surface area contributed by atoms with Crippen LogP contribution >= 0.6 is 0 Å². The van der Waals surface area contributed by atoms with Crippen LogP contribution in [0.1, 0.15) is 11.7 Å². The average molecular weight is 328 g/mol. The van der Waals surface area contributed by atoms with Crippen molar-refractivity contribution in [2.24, 2.45) is 0 Å². The standard InChI is InChI=1S/C14H15F3N4O2/c15-14(16,17)13(11-4-2-1-3-5-11)23-8-12(22)19-6-7-21-10-18-9-20-21/h1-5,9-10,13H,6-8H2,(H,19,22)/t13-/m1/s1. The van der Waals surface area contributed by atoms with Gasteiger partial charge in [-0.15, -0.1) is 0 Å². The van der Waals surface area contributed by atoms with Crippen LogP contribution in [0, 0.1) is 0 Å². The third kappa shape index (κ3) is 5.37. The number of benzene rings is 1. The Morgan fingerprint density at radius 1 is 1.30 bits per heavy atom. The molecule has 23 heavy (non-hydrogen) atoms. The topological polar surface area (TPSA) is 69.0 Å². The number of carbonyl (C=O) groups excluding carboxylic acids is 1. The molecule has 1 amide bonds. The van der Waals surface area contributed by atoms with Crippen molar-refractivity contribution in [3.63, 3.8) is 0 Å². The van der Waals surface area contributed by atoms with Gasteiger partial charge < -0.3 is 10.1 Å². The molecule has 0 aliphatic heterocycles. The van der Waals surface area contributed by atoms with Crippen molar-refractivity contribution in [3.05, 3.63) is 48.5 Å². The number of aromatic nitrogens is 3. The predicted molar refractivity (Wildman–Crippen MR) is 74.2 cm³/mol. The summed E-state index contributed by atoms with van der Waals surface area (Å²) in [4.78, 5) is 15.3. The maximum atomic E-state index is 13.0.